The first-order valence-corrected chi connectivity index (χ1v) is 44.8. The zero-order valence-corrected chi connectivity index (χ0v) is 78.9. The molecular weight excluding hydrogens is 1540 g/mol. The number of nitrogens with zero attached hydrogens (tertiary/aromatic N) is 6. The first-order valence-electron chi connectivity index (χ1n) is 44.8. The Bertz CT molecular complexity index is 7290. The average molecular weight is 1660 g/mol. The highest BCUT2D eigenvalue weighted by atomic mass is 15.0. The van der Waals surface area contributed by atoms with E-state index in [1.54, 1.807) is 0 Å². The van der Waals surface area contributed by atoms with E-state index >= 15 is 0 Å². The van der Waals surface area contributed by atoms with Crippen molar-refractivity contribution in [3.8, 4) is 78.7 Å². The lowest BCUT2D eigenvalue weighted by Crippen LogP contribution is -2.32. The minimum Gasteiger partial charge on any atom is -0.200 e. The summed E-state index contributed by atoms with van der Waals surface area (Å²) in [6.07, 6.45) is 10.7. The fraction of sp³-hybridized carbons (Fsp3) is 0.207. The van der Waals surface area contributed by atoms with E-state index in [0.717, 1.165) is 0 Å². The van der Waals surface area contributed by atoms with Gasteiger partial charge in [0.2, 0.25) is 39.7 Å². The van der Waals surface area contributed by atoms with Crippen LogP contribution in [0.15, 0.2) is 334 Å². The van der Waals surface area contributed by atoms with Crippen LogP contribution in [-0.4, -0.2) is 0 Å². The van der Waals surface area contributed by atoms with E-state index in [1.165, 1.54) is 227 Å². The summed E-state index contributed by atoms with van der Waals surface area (Å²) in [7, 11) is 12.8. The summed E-state index contributed by atoms with van der Waals surface area (Å²) in [6.45, 7) is 37.9. The molecule has 0 unspecified atom stereocenters. The molecule has 20 rings (SSSR count). The van der Waals surface area contributed by atoms with Gasteiger partial charge in [-0.25, -0.2) is 22.8 Å². The predicted molar refractivity (Wildman–Crippen MR) is 536 cm³/mol. The second kappa shape index (κ2) is 36.9. The van der Waals surface area contributed by atoms with Gasteiger partial charge in [-0.1, -0.05) is 233 Å². The van der Waals surface area contributed by atoms with Crippen molar-refractivity contribution in [2.75, 3.05) is 0 Å². The van der Waals surface area contributed by atoms with Gasteiger partial charge in [-0.2, -0.15) is 4.57 Å². The Hall–Kier alpha value is -13.7. The second-order valence-corrected chi connectivity index (χ2v) is 36.9. The van der Waals surface area contributed by atoms with Gasteiger partial charge in [0.15, 0.2) is 31.0 Å². The molecule has 0 aliphatic heterocycles. The molecule has 0 radical (unpaired) electrons. The van der Waals surface area contributed by atoms with Crippen LogP contribution < -0.4 is 27.4 Å². The van der Waals surface area contributed by atoms with Crippen molar-refractivity contribution < 1.29 is 27.4 Å². The zero-order valence-electron chi connectivity index (χ0n) is 78.9. The molecular formula is C121H124N6+6. The zero-order chi connectivity index (χ0) is 90.0. The molecule has 19 aromatic rings. The monoisotopic (exact) mass is 1660 g/mol. The molecule has 127 heavy (non-hydrogen) atoms. The minimum atomic E-state index is 0.0315. The normalized spacial score (nSPS) is 11.8. The standard InChI is InChI=1S/C26H24N.C22H26N.2C19H20N.C18H18N.C17H16N/c1-17-15-21-19-10-6-7-11-22(19)26(2,3)23(21)16-20(17)25-14-13-18-9-5-8-12-24(18)27(25)4;1-15-13-18(22(3,4)5)14-20(16(15)2)21-19-10-8-7-9-17(19)11-12-23(21)6;2*1-13-11-14(2)15(3)18(12-13)19-17-8-6-5-7-16(17)9-10-20(19)4;1-13-8-9-14(2)17(12-13)18-16-7-5-4-6-15(16)10-11-19(18)3;1-13-7-3-5-9-15(13)17-16-10-6-4-8-14(16)11-12-18(17)2/h5-16H,1-4H3;7-14H,1-6H3;2*5-12H,1-4H3;4-12H,1-3H3;3-12H,1-2H3/q6*+1. The van der Waals surface area contributed by atoms with Gasteiger partial charge in [-0.3, -0.25) is 0 Å². The Balaban J connectivity index is 0.000000118. The van der Waals surface area contributed by atoms with Crippen molar-refractivity contribution in [1.29, 1.82) is 0 Å². The first-order chi connectivity index (χ1) is 60.9. The highest BCUT2D eigenvalue weighted by molar-refractivity contribution is 5.98. The van der Waals surface area contributed by atoms with Crippen molar-refractivity contribution in [3.05, 3.63) is 418 Å². The molecule has 0 amide bonds. The highest BCUT2D eigenvalue weighted by Crippen LogP contribution is 2.50. The largest absolute Gasteiger partial charge is 0.220 e. The molecule has 1 aliphatic carbocycles. The Morgan fingerprint density at radius 3 is 1.01 bits per heavy atom. The molecule has 13 aromatic carbocycles. The number of benzene rings is 13. The average Bonchev–Trinajstić information content (AvgIpc) is 1.57. The molecule has 6 heterocycles. The Labute approximate surface area is 754 Å². The van der Waals surface area contributed by atoms with E-state index in [1.807, 2.05) is 0 Å². The lowest BCUT2D eigenvalue weighted by molar-refractivity contribution is -0.659. The maximum atomic E-state index is 2.43. The molecule has 0 N–H and O–H groups in total. The van der Waals surface area contributed by atoms with Gasteiger partial charge >= 0.3 is 0 Å². The number of fused-ring (bicyclic) bond motifs is 9. The number of para-hydroxylation sites is 1. The lowest BCUT2D eigenvalue weighted by Gasteiger charge is -2.22. The molecule has 0 fully saturated rings. The summed E-state index contributed by atoms with van der Waals surface area (Å²) in [5.41, 5.74) is 40.2. The maximum absolute atomic E-state index is 2.43. The summed E-state index contributed by atoms with van der Waals surface area (Å²) in [4.78, 5) is 0. The van der Waals surface area contributed by atoms with Gasteiger partial charge in [0.25, 0.3) is 0 Å². The van der Waals surface area contributed by atoms with Crippen LogP contribution in [0.1, 0.15) is 118 Å². The lowest BCUT2D eigenvalue weighted by atomic mass is 9.81. The number of hydrogen-bond donors (Lipinski definition) is 0. The number of pyridine rings is 6. The minimum absolute atomic E-state index is 0.0315. The second-order valence-electron chi connectivity index (χ2n) is 36.9. The Morgan fingerprint density at radius 2 is 0.575 bits per heavy atom. The third-order valence-electron chi connectivity index (χ3n) is 26.5. The van der Waals surface area contributed by atoms with E-state index in [4.69, 9.17) is 0 Å². The molecule has 6 nitrogen and oxygen atoms in total. The van der Waals surface area contributed by atoms with Crippen LogP contribution in [0.3, 0.4) is 0 Å². The van der Waals surface area contributed by atoms with Crippen molar-refractivity contribution in [3.63, 3.8) is 0 Å². The quantitative estimate of drug-likeness (QED) is 0.148. The van der Waals surface area contributed by atoms with Gasteiger partial charge < -0.3 is 0 Å². The van der Waals surface area contributed by atoms with Crippen LogP contribution in [-0.2, 0) is 53.1 Å². The topological polar surface area (TPSA) is 23.3 Å². The van der Waals surface area contributed by atoms with Crippen LogP contribution in [0.4, 0.5) is 0 Å². The van der Waals surface area contributed by atoms with Crippen LogP contribution in [0.5, 0.6) is 0 Å². The number of aromatic nitrogens is 6. The molecule has 0 spiro atoms. The first kappa shape index (κ1) is 88.2. The van der Waals surface area contributed by atoms with Gasteiger partial charge in [0, 0.05) is 70.0 Å². The van der Waals surface area contributed by atoms with Crippen molar-refractivity contribution in [2.45, 2.75) is 129 Å². The van der Waals surface area contributed by atoms with Crippen molar-refractivity contribution in [1.82, 2.24) is 0 Å². The molecule has 6 heteroatoms. The fourth-order valence-corrected chi connectivity index (χ4v) is 18.9. The maximum Gasteiger partial charge on any atom is 0.220 e. The number of rotatable bonds is 6. The Morgan fingerprint density at radius 1 is 0.228 bits per heavy atom. The molecule has 632 valence electrons. The van der Waals surface area contributed by atoms with Crippen LogP contribution >= 0.6 is 0 Å². The van der Waals surface area contributed by atoms with Crippen molar-refractivity contribution >= 4 is 64.8 Å². The molecule has 6 aromatic heterocycles. The van der Waals surface area contributed by atoms with Gasteiger partial charge in [-0.05, 0) is 272 Å². The molecule has 0 atom stereocenters. The van der Waals surface area contributed by atoms with Crippen LogP contribution in [0.2, 0.25) is 0 Å². The van der Waals surface area contributed by atoms with E-state index in [0.29, 0.717) is 0 Å². The summed E-state index contributed by atoms with van der Waals surface area (Å²) in [5.74, 6) is 0. The van der Waals surface area contributed by atoms with E-state index in [2.05, 4.69) is 522 Å². The fourth-order valence-electron chi connectivity index (χ4n) is 18.9. The molecule has 0 saturated carbocycles. The van der Waals surface area contributed by atoms with Crippen LogP contribution in [0, 0.1) is 83.1 Å². The smallest absolute Gasteiger partial charge is 0.200 e. The summed E-state index contributed by atoms with van der Waals surface area (Å²) in [5, 5.41) is 14.3. The van der Waals surface area contributed by atoms with Crippen molar-refractivity contribution in [2.24, 2.45) is 42.3 Å². The van der Waals surface area contributed by atoms with Crippen LogP contribution in [0.25, 0.3) is 143 Å². The van der Waals surface area contributed by atoms with E-state index < -0.39 is 0 Å². The number of hydrogen-bond acceptors (Lipinski definition) is 0. The van der Waals surface area contributed by atoms with Gasteiger partial charge in [-0.15, -0.1) is 0 Å². The summed E-state index contributed by atoms with van der Waals surface area (Å²) < 4.78 is 13.4. The summed E-state index contributed by atoms with van der Waals surface area (Å²) in [6, 6.07) is 110. The van der Waals surface area contributed by atoms with E-state index in [9.17, 15) is 0 Å². The predicted octanol–water partition coefficient (Wildman–Crippen LogP) is 27.3. The summed E-state index contributed by atoms with van der Waals surface area (Å²) >= 11 is 0. The van der Waals surface area contributed by atoms with E-state index in [-0.39, 0.29) is 10.8 Å². The van der Waals surface area contributed by atoms with Gasteiger partial charge in [0.05, 0.1) is 43.6 Å². The molecule has 1 aliphatic rings. The SMILES string of the molecule is Cc1cc(C(C)(C)C)cc(-c2c3ccccc3cc[n+]2C)c1C.Cc1cc(C)c(C)c(-c2c3ccccc3cc[n+]2C)c1.Cc1cc(C)c(C)c(-c2c3ccccc3cc[n+]2C)c1.Cc1cc2c(cc1-c1ccc3ccccc3[n+]1C)C(C)(C)c1ccccc1-2.Cc1ccc(C)c(-c2c3ccccc3cc[n+]2C)c1.Cc1ccccc1-c1c2ccccc2cc[n+]1C. The molecule has 0 saturated heterocycles. The highest BCUT2D eigenvalue weighted by Gasteiger charge is 2.37. The van der Waals surface area contributed by atoms with Gasteiger partial charge in [0.1, 0.15) is 42.3 Å². The molecule has 0 bridgehead atoms. The number of aryl methyl sites for hydroxylation is 15. The Kier molecular flexibility index (Phi) is 25.6. The third kappa shape index (κ3) is 18.0. The third-order valence-corrected chi connectivity index (χ3v) is 26.5.